The first-order valence-electron chi connectivity index (χ1n) is 8.43. The average molecular weight is 378 g/mol. The highest BCUT2D eigenvalue weighted by atomic mass is 32.2. The van der Waals surface area contributed by atoms with Crippen LogP contribution in [0.1, 0.15) is 25.3 Å². The molecule has 1 amide bonds. The number of anilines is 1. The number of unbranched alkanes of at least 4 members (excludes halogenated alkanes) is 1. The van der Waals surface area contributed by atoms with E-state index in [9.17, 15) is 17.6 Å². The van der Waals surface area contributed by atoms with E-state index < -0.39 is 10.0 Å². The number of carbonyl (C=O) groups excluding carboxylic acids is 1. The molecule has 140 valence electrons. The standard InChI is InChI=1S/C19H23FN2O3S/c1-3-4-13-22(2)26(24,25)18-11-9-17(10-12-18)21-19(23)14-15-5-7-16(20)8-6-15/h5-12H,3-4,13-14H2,1-2H3,(H,21,23). The average Bonchev–Trinajstić information content (AvgIpc) is 2.62. The number of sulfonamides is 1. The summed E-state index contributed by atoms with van der Waals surface area (Å²) < 4.78 is 39.1. The lowest BCUT2D eigenvalue weighted by Crippen LogP contribution is -2.27. The zero-order valence-electron chi connectivity index (χ0n) is 14.9. The molecule has 0 aliphatic heterocycles. The van der Waals surface area contributed by atoms with Crippen LogP contribution in [0.5, 0.6) is 0 Å². The van der Waals surface area contributed by atoms with Crippen molar-refractivity contribution in [2.45, 2.75) is 31.1 Å². The first-order valence-corrected chi connectivity index (χ1v) is 9.87. The van der Waals surface area contributed by atoms with E-state index in [-0.39, 0.29) is 23.0 Å². The molecule has 0 fully saturated rings. The van der Waals surface area contributed by atoms with E-state index in [0.29, 0.717) is 17.8 Å². The number of benzene rings is 2. The summed E-state index contributed by atoms with van der Waals surface area (Å²) in [6.07, 6.45) is 1.83. The van der Waals surface area contributed by atoms with E-state index in [0.717, 1.165) is 12.8 Å². The summed E-state index contributed by atoms with van der Waals surface area (Å²) in [5.41, 5.74) is 1.20. The van der Waals surface area contributed by atoms with Crippen LogP contribution in [0, 0.1) is 5.82 Å². The van der Waals surface area contributed by atoms with Gasteiger partial charge in [0.15, 0.2) is 0 Å². The number of hydrogen-bond acceptors (Lipinski definition) is 3. The van der Waals surface area contributed by atoms with Crippen LogP contribution < -0.4 is 5.32 Å². The molecular weight excluding hydrogens is 355 g/mol. The highest BCUT2D eigenvalue weighted by Gasteiger charge is 2.20. The highest BCUT2D eigenvalue weighted by molar-refractivity contribution is 7.89. The number of hydrogen-bond donors (Lipinski definition) is 1. The first-order chi connectivity index (χ1) is 12.3. The largest absolute Gasteiger partial charge is 0.326 e. The molecule has 0 aromatic heterocycles. The third-order valence-electron chi connectivity index (χ3n) is 3.95. The number of nitrogens with zero attached hydrogens (tertiary/aromatic N) is 1. The van der Waals surface area contributed by atoms with E-state index in [1.54, 1.807) is 31.3 Å². The Kier molecular flexibility index (Phi) is 6.88. The molecule has 0 aliphatic carbocycles. The summed E-state index contributed by atoms with van der Waals surface area (Å²) >= 11 is 0. The Morgan fingerprint density at radius 3 is 2.27 bits per heavy atom. The molecule has 0 unspecified atom stereocenters. The molecule has 0 saturated heterocycles. The zero-order chi connectivity index (χ0) is 19.2. The Bertz CT molecular complexity index is 834. The molecule has 0 radical (unpaired) electrons. The fourth-order valence-electron chi connectivity index (χ4n) is 2.38. The second-order valence-corrected chi connectivity index (χ2v) is 8.10. The third-order valence-corrected chi connectivity index (χ3v) is 5.82. The lowest BCUT2D eigenvalue weighted by Gasteiger charge is -2.17. The van der Waals surface area contributed by atoms with E-state index in [4.69, 9.17) is 0 Å². The normalized spacial score (nSPS) is 11.5. The van der Waals surface area contributed by atoms with E-state index in [2.05, 4.69) is 5.32 Å². The molecule has 26 heavy (non-hydrogen) atoms. The molecule has 2 aromatic carbocycles. The molecule has 1 N–H and O–H groups in total. The number of halogens is 1. The minimum absolute atomic E-state index is 0.111. The highest BCUT2D eigenvalue weighted by Crippen LogP contribution is 2.18. The topological polar surface area (TPSA) is 66.5 Å². The van der Waals surface area contributed by atoms with Crippen molar-refractivity contribution < 1.29 is 17.6 Å². The molecule has 0 bridgehead atoms. The predicted molar refractivity (Wildman–Crippen MR) is 99.9 cm³/mol. The molecule has 0 spiro atoms. The Morgan fingerprint density at radius 1 is 1.08 bits per heavy atom. The van der Waals surface area contributed by atoms with Gasteiger partial charge >= 0.3 is 0 Å². The van der Waals surface area contributed by atoms with Gasteiger partial charge in [0, 0.05) is 19.3 Å². The van der Waals surface area contributed by atoms with Gasteiger partial charge in [-0.25, -0.2) is 17.1 Å². The van der Waals surface area contributed by atoms with Gasteiger partial charge in [0.2, 0.25) is 15.9 Å². The maximum Gasteiger partial charge on any atom is 0.242 e. The van der Waals surface area contributed by atoms with Crippen molar-refractivity contribution in [3.63, 3.8) is 0 Å². The Labute approximate surface area is 153 Å². The summed E-state index contributed by atoms with van der Waals surface area (Å²) in [5.74, 6) is -0.609. The van der Waals surface area contributed by atoms with Crippen LogP contribution in [0.4, 0.5) is 10.1 Å². The SMILES string of the molecule is CCCCN(C)S(=O)(=O)c1ccc(NC(=O)Cc2ccc(F)cc2)cc1. The second-order valence-electron chi connectivity index (χ2n) is 6.06. The summed E-state index contributed by atoms with van der Waals surface area (Å²) in [6, 6.07) is 11.8. The van der Waals surface area contributed by atoms with Crippen molar-refractivity contribution in [1.29, 1.82) is 0 Å². The summed E-state index contributed by atoms with van der Waals surface area (Å²) in [7, 11) is -1.97. The molecule has 0 atom stereocenters. The molecular formula is C19H23FN2O3S. The van der Waals surface area contributed by atoms with Gasteiger partial charge in [-0.2, -0.15) is 0 Å². The van der Waals surface area contributed by atoms with Crippen LogP contribution in [0.15, 0.2) is 53.4 Å². The first kappa shape index (κ1) is 20.1. The number of carbonyl (C=O) groups is 1. The molecule has 2 aromatic rings. The third kappa shape index (κ3) is 5.37. The number of nitrogens with one attached hydrogen (secondary N) is 1. The number of rotatable bonds is 8. The lowest BCUT2D eigenvalue weighted by atomic mass is 10.1. The van der Waals surface area contributed by atoms with Crippen molar-refractivity contribution in [3.8, 4) is 0 Å². The van der Waals surface area contributed by atoms with Crippen LogP contribution >= 0.6 is 0 Å². The smallest absolute Gasteiger partial charge is 0.242 e. The lowest BCUT2D eigenvalue weighted by molar-refractivity contribution is -0.115. The van der Waals surface area contributed by atoms with Crippen LogP contribution in [-0.4, -0.2) is 32.2 Å². The van der Waals surface area contributed by atoms with Crippen molar-refractivity contribution in [2.75, 3.05) is 18.9 Å². The van der Waals surface area contributed by atoms with Gasteiger partial charge < -0.3 is 5.32 Å². The van der Waals surface area contributed by atoms with Crippen molar-refractivity contribution in [3.05, 3.63) is 59.9 Å². The molecule has 0 saturated carbocycles. The fraction of sp³-hybridized carbons (Fsp3) is 0.316. The Hall–Kier alpha value is -2.25. The second kappa shape index (κ2) is 8.91. The minimum atomic E-state index is -3.52. The Morgan fingerprint density at radius 2 is 1.69 bits per heavy atom. The molecule has 2 rings (SSSR count). The summed E-state index contributed by atoms with van der Waals surface area (Å²) in [6.45, 7) is 2.47. The number of amides is 1. The van der Waals surface area contributed by atoms with Crippen LogP contribution in [0.2, 0.25) is 0 Å². The van der Waals surface area contributed by atoms with Crippen molar-refractivity contribution >= 4 is 21.6 Å². The van der Waals surface area contributed by atoms with Crippen LogP contribution in [-0.2, 0) is 21.2 Å². The molecule has 5 nitrogen and oxygen atoms in total. The minimum Gasteiger partial charge on any atom is -0.326 e. The predicted octanol–water partition coefficient (Wildman–Crippen LogP) is 3.43. The molecule has 0 heterocycles. The van der Waals surface area contributed by atoms with E-state index in [1.165, 1.54) is 28.6 Å². The quantitative estimate of drug-likeness (QED) is 0.765. The van der Waals surface area contributed by atoms with Crippen molar-refractivity contribution in [1.82, 2.24) is 4.31 Å². The van der Waals surface area contributed by atoms with Gasteiger partial charge in [-0.3, -0.25) is 4.79 Å². The van der Waals surface area contributed by atoms with Gasteiger partial charge in [0.25, 0.3) is 0 Å². The maximum atomic E-state index is 12.9. The maximum absolute atomic E-state index is 12.9. The van der Waals surface area contributed by atoms with Crippen LogP contribution in [0.25, 0.3) is 0 Å². The fourth-order valence-corrected chi connectivity index (χ4v) is 3.59. The Balaban J connectivity index is 2.00. The van der Waals surface area contributed by atoms with Gasteiger partial charge in [-0.1, -0.05) is 25.5 Å². The van der Waals surface area contributed by atoms with Gasteiger partial charge in [-0.15, -0.1) is 0 Å². The van der Waals surface area contributed by atoms with E-state index >= 15 is 0 Å². The summed E-state index contributed by atoms with van der Waals surface area (Å²) in [4.78, 5) is 12.2. The molecule has 7 heteroatoms. The van der Waals surface area contributed by atoms with Gasteiger partial charge in [-0.05, 0) is 48.4 Å². The zero-order valence-corrected chi connectivity index (χ0v) is 15.7. The van der Waals surface area contributed by atoms with Gasteiger partial charge in [0.05, 0.1) is 11.3 Å². The molecule has 0 aliphatic rings. The van der Waals surface area contributed by atoms with E-state index in [1.807, 2.05) is 6.92 Å². The van der Waals surface area contributed by atoms with Crippen molar-refractivity contribution in [2.24, 2.45) is 0 Å². The summed E-state index contributed by atoms with van der Waals surface area (Å²) in [5, 5.41) is 2.71. The van der Waals surface area contributed by atoms with Gasteiger partial charge in [0.1, 0.15) is 5.82 Å². The monoisotopic (exact) mass is 378 g/mol. The van der Waals surface area contributed by atoms with Crippen LogP contribution in [0.3, 0.4) is 0 Å².